The molecule has 0 aliphatic heterocycles. The summed E-state index contributed by atoms with van der Waals surface area (Å²) in [5.74, 6) is 0. The van der Waals surface area contributed by atoms with Crippen LogP contribution in [0.3, 0.4) is 0 Å². The van der Waals surface area contributed by atoms with Crippen LogP contribution in [-0.2, 0) is 0 Å². The summed E-state index contributed by atoms with van der Waals surface area (Å²) in [6.45, 7) is 1.90. The van der Waals surface area contributed by atoms with Crippen LogP contribution in [0.25, 0.3) is 11.0 Å². The zero-order valence-electron chi connectivity index (χ0n) is 7.60. The first-order chi connectivity index (χ1) is 6.58. The van der Waals surface area contributed by atoms with E-state index in [1.165, 1.54) is 0 Å². The van der Waals surface area contributed by atoms with Gasteiger partial charge in [-0.15, -0.1) is 0 Å². The van der Waals surface area contributed by atoms with Gasteiger partial charge in [0.25, 0.3) is 0 Å². The molecule has 74 valence electrons. The third-order valence-corrected chi connectivity index (χ3v) is 2.81. The molecular weight excluding hydrogens is 246 g/mol. The van der Waals surface area contributed by atoms with E-state index in [9.17, 15) is 4.79 Å². The molecule has 1 heterocycles. The molecule has 0 unspecified atom stereocenters. The maximum atomic E-state index is 11.0. The maximum Gasteiger partial charge on any atom is 0.323 e. The smallest absolute Gasteiger partial charge is 0.323 e. The van der Waals surface area contributed by atoms with E-state index in [1.54, 1.807) is 0 Å². The SMILES string of the molecule is C[C@@H](N)c1cc2[nH]c(=O)[nH]c2cc1Br. The lowest BCUT2D eigenvalue weighted by Gasteiger charge is -2.07. The van der Waals surface area contributed by atoms with Crippen molar-refractivity contribution in [2.75, 3.05) is 0 Å². The van der Waals surface area contributed by atoms with Crippen LogP contribution in [0.4, 0.5) is 0 Å². The Morgan fingerprint density at radius 3 is 2.50 bits per heavy atom. The van der Waals surface area contributed by atoms with E-state index in [4.69, 9.17) is 5.73 Å². The number of H-pyrrole nitrogens is 2. The van der Waals surface area contributed by atoms with Crippen LogP contribution >= 0.6 is 15.9 Å². The van der Waals surface area contributed by atoms with E-state index >= 15 is 0 Å². The fourth-order valence-electron chi connectivity index (χ4n) is 1.42. The predicted octanol–water partition coefficient (Wildman–Crippen LogP) is 1.64. The molecule has 2 rings (SSSR count). The summed E-state index contributed by atoms with van der Waals surface area (Å²) in [5.41, 5.74) is 8.13. The standard InChI is InChI=1S/C9H10BrN3O/c1-4(11)5-2-7-8(3-6(5)10)13-9(14)12-7/h2-4H,11H2,1H3,(H2,12,13,14)/t4-/m1/s1. The normalized spacial score (nSPS) is 13.4. The molecule has 1 aromatic heterocycles. The molecule has 0 aliphatic carbocycles. The Balaban J connectivity index is 2.76. The first-order valence-corrected chi connectivity index (χ1v) is 5.04. The molecule has 4 N–H and O–H groups in total. The zero-order chi connectivity index (χ0) is 10.3. The van der Waals surface area contributed by atoms with Crippen LogP contribution in [0.5, 0.6) is 0 Å². The summed E-state index contributed by atoms with van der Waals surface area (Å²) in [6.07, 6.45) is 0. The van der Waals surface area contributed by atoms with E-state index in [0.29, 0.717) is 0 Å². The summed E-state index contributed by atoms with van der Waals surface area (Å²) in [5, 5.41) is 0. The highest BCUT2D eigenvalue weighted by Crippen LogP contribution is 2.25. The number of hydrogen-bond donors (Lipinski definition) is 3. The van der Waals surface area contributed by atoms with Gasteiger partial charge in [-0.25, -0.2) is 4.79 Å². The van der Waals surface area contributed by atoms with Gasteiger partial charge in [0.2, 0.25) is 0 Å². The molecule has 14 heavy (non-hydrogen) atoms. The first-order valence-electron chi connectivity index (χ1n) is 4.25. The van der Waals surface area contributed by atoms with Crippen LogP contribution in [-0.4, -0.2) is 9.97 Å². The molecule has 0 spiro atoms. The lowest BCUT2D eigenvalue weighted by molar-refractivity contribution is 0.815. The van der Waals surface area contributed by atoms with Gasteiger partial charge in [0, 0.05) is 10.5 Å². The molecule has 1 aromatic carbocycles. The molecule has 0 radical (unpaired) electrons. The van der Waals surface area contributed by atoms with Gasteiger partial charge in [0.15, 0.2) is 0 Å². The zero-order valence-corrected chi connectivity index (χ0v) is 9.18. The molecule has 0 aliphatic rings. The second-order valence-corrected chi connectivity index (χ2v) is 4.14. The minimum atomic E-state index is -0.200. The van der Waals surface area contributed by atoms with E-state index in [1.807, 2.05) is 19.1 Å². The predicted molar refractivity (Wildman–Crippen MR) is 59.2 cm³/mol. The first kappa shape index (κ1) is 9.48. The lowest BCUT2D eigenvalue weighted by atomic mass is 10.1. The second kappa shape index (κ2) is 3.25. The summed E-state index contributed by atoms with van der Waals surface area (Å²) in [6, 6.07) is 3.67. The molecule has 2 aromatic rings. The fourth-order valence-corrected chi connectivity index (χ4v) is 2.13. The molecule has 0 fully saturated rings. The summed E-state index contributed by atoms with van der Waals surface area (Å²) < 4.78 is 0.912. The summed E-state index contributed by atoms with van der Waals surface area (Å²) >= 11 is 3.41. The Morgan fingerprint density at radius 1 is 1.36 bits per heavy atom. The van der Waals surface area contributed by atoms with Gasteiger partial charge in [0.1, 0.15) is 0 Å². The Bertz CT molecular complexity index is 526. The van der Waals surface area contributed by atoms with Crippen LogP contribution in [0.15, 0.2) is 21.4 Å². The number of benzene rings is 1. The Hall–Kier alpha value is -1.07. The Morgan fingerprint density at radius 2 is 1.93 bits per heavy atom. The largest absolute Gasteiger partial charge is 0.324 e. The average molecular weight is 256 g/mol. The quantitative estimate of drug-likeness (QED) is 0.725. The van der Waals surface area contributed by atoms with Crippen LogP contribution in [0, 0.1) is 0 Å². The summed E-state index contributed by atoms with van der Waals surface area (Å²) in [4.78, 5) is 16.4. The van der Waals surface area contributed by atoms with Crippen molar-refractivity contribution in [1.82, 2.24) is 9.97 Å². The fraction of sp³-hybridized carbons (Fsp3) is 0.222. The molecule has 0 bridgehead atoms. The number of aromatic nitrogens is 2. The number of rotatable bonds is 1. The number of fused-ring (bicyclic) bond motifs is 1. The molecule has 0 saturated carbocycles. The molecule has 5 heteroatoms. The minimum absolute atomic E-state index is 0.0628. The third kappa shape index (κ3) is 1.49. The van der Waals surface area contributed by atoms with Crippen molar-refractivity contribution < 1.29 is 0 Å². The van der Waals surface area contributed by atoms with Crippen molar-refractivity contribution in [3.05, 3.63) is 32.7 Å². The van der Waals surface area contributed by atoms with Crippen molar-refractivity contribution in [1.29, 1.82) is 0 Å². The number of aromatic amines is 2. The van der Waals surface area contributed by atoms with Gasteiger partial charge in [-0.1, -0.05) is 15.9 Å². The monoisotopic (exact) mass is 255 g/mol. The van der Waals surface area contributed by atoms with Gasteiger partial charge >= 0.3 is 5.69 Å². The number of halogens is 1. The highest BCUT2D eigenvalue weighted by atomic mass is 79.9. The van der Waals surface area contributed by atoms with E-state index < -0.39 is 0 Å². The van der Waals surface area contributed by atoms with E-state index in [-0.39, 0.29) is 11.7 Å². The highest BCUT2D eigenvalue weighted by molar-refractivity contribution is 9.10. The molecule has 1 atom stereocenters. The minimum Gasteiger partial charge on any atom is -0.324 e. The van der Waals surface area contributed by atoms with Crippen molar-refractivity contribution >= 4 is 27.0 Å². The van der Waals surface area contributed by atoms with E-state index in [0.717, 1.165) is 21.1 Å². The maximum absolute atomic E-state index is 11.0. The number of imidazole rings is 1. The number of hydrogen-bond acceptors (Lipinski definition) is 2. The summed E-state index contributed by atoms with van der Waals surface area (Å²) in [7, 11) is 0. The molecule has 0 amide bonds. The van der Waals surface area contributed by atoms with Crippen molar-refractivity contribution in [2.45, 2.75) is 13.0 Å². The molecule has 4 nitrogen and oxygen atoms in total. The highest BCUT2D eigenvalue weighted by Gasteiger charge is 2.08. The van der Waals surface area contributed by atoms with Gasteiger partial charge < -0.3 is 15.7 Å². The number of nitrogens with two attached hydrogens (primary N) is 1. The Kier molecular flexibility index (Phi) is 2.20. The average Bonchev–Trinajstić information content (AvgIpc) is 2.42. The van der Waals surface area contributed by atoms with Gasteiger partial charge in [-0.05, 0) is 24.6 Å². The Labute approximate surface area is 88.6 Å². The second-order valence-electron chi connectivity index (χ2n) is 3.29. The number of nitrogens with one attached hydrogen (secondary N) is 2. The third-order valence-electron chi connectivity index (χ3n) is 2.12. The van der Waals surface area contributed by atoms with Crippen LogP contribution < -0.4 is 11.4 Å². The van der Waals surface area contributed by atoms with Gasteiger partial charge in [-0.2, -0.15) is 0 Å². The van der Waals surface area contributed by atoms with Crippen molar-refractivity contribution in [3.8, 4) is 0 Å². The lowest BCUT2D eigenvalue weighted by Crippen LogP contribution is -2.05. The van der Waals surface area contributed by atoms with Gasteiger partial charge in [0.05, 0.1) is 11.0 Å². The van der Waals surface area contributed by atoms with Crippen molar-refractivity contribution in [2.24, 2.45) is 5.73 Å². The van der Waals surface area contributed by atoms with Gasteiger partial charge in [-0.3, -0.25) is 0 Å². The molecule has 0 saturated heterocycles. The molecular formula is C9H10BrN3O. The van der Waals surface area contributed by atoms with Crippen LogP contribution in [0.2, 0.25) is 0 Å². The van der Waals surface area contributed by atoms with Crippen molar-refractivity contribution in [3.63, 3.8) is 0 Å². The topological polar surface area (TPSA) is 74.7 Å². The van der Waals surface area contributed by atoms with Crippen LogP contribution in [0.1, 0.15) is 18.5 Å². The van der Waals surface area contributed by atoms with E-state index in [2.05, 4.69) is 25.9 Å².